The van der Waals surface area contributed by atoms with Crippen LogP contribution in [0.2, 0.25) is 5.02 Å². The quantitative estimate of drug-likeness (QED) is 0.753. The fraction of sp³-hybridized carbons (Fsp3) is 0.333. The zero-order valence-electron chi connectivity index (χ0n) is 12.7. The molecule has 0 amide bonds. The number of halogens is 1. The van der Waals surface area contributed by atoms with Gasteiger partial charge in [-0.2, -0.15) is 0 Å². The molecular formula is C15H19ClN2O4. The maximum atomic E-state index is 9.10. The minimum absolute atomic E-state index is 0.803. The van der Waals surface area contributed by atoms with Gasteiger partial charge in [0.15, 0.2) is 0 Å². The van der Waals surface area contributed by atoms with Crippen LogP contribution in [0.4, 0.5) is 0 Å². The van der Waals surface area contributed by atoms with Crippen LogP contribution < -0.4 is 0 Å². The first-order valence-corrected chi connectivity index (χ1v) is 6.97. The summed E-state index contributed by atoms with van der Waals surface area (Å²) in [5.41, 5.74) is 3.81. The Morgan fingerprint density at radius 2 is 1.82 bits per heavy atom. The molecule has 22 heavy (non-hydrogen) atoms. The molecule has 1 heterocycles. The van der Waals surface area contributed by atoms with E-state index in [1.807, 2.05) is 18.2 Å². The molecule has 0 saturated carbocycles. The molecule has 0 saturated heterocycles. The summed E-state index contributed by atoms with van der Waals surface area (Å²) in [7, 11) is 4.19. The number of aliphatic carboxylic acids is 2. The molecule has 0 fully saturated rings. The van der Waals surface area contributed by atoms with Crippen molar-refractivity contribution < 1.29 is 19.8 Å². The Hall–Kier alpha value is -2.05. The summed E-state index contributed by atoms with van der Waals surface area (Å²) in [6, 6.07) is 6.02. The summed E-state index contributed by atoms with van der Waals surface area (Å²) in [6.07, 6.45) is 1.05. The van der Waals surface area contributed by atoms with Crippen molar-refractivity contribution >= 4 is 34.4 Å². The first kappa shape index (κ1) is 18.0. The number of hydrogen-bond acceptors (Lipinski definition) is 3. The third-order valence-corrected chi connectivity index (χ3v) is 3.31. The Morgan fingerprint density at radius 3 is 2.32 bits per heavy atom. The Bertz CT molecular complexity index is 667. The molecule has 0 atom stereocenters. The van der Waals surface area contributed by atoms with Gasteiger partial charge < -0.3 is 20.1 Å². The number of aromatic amines is 1. The van der Waals surface area contributed by atoms with Crippen LogP contribution in [0.3, 0.4) is 0 Å². The molecule has 0 aliphatic heterocycles. The molecule has 0 unspecified atom stereocenters. The highest BCUT2D eigenvalue weighted by Crippen LogP contribution is 2.25. The molecule has 0 aliphatic carbocycles. The molecule has 120 valence electrons. The van der Waals surface area contributed by atoms with Gasteiger partial charge in [0.1, 0.15) is 0 Å². The largest absolute Gasteiger partial charge is 0.473 e. The van der Waals surface area contributed by atoms with E-state index >= 15 is 0 Å². The highest BCUT2D eigenvalue weighted by molar-refractivity contribution is 6.31. The molecule has 1 aromatic heterocycles. The lowest BCUT2D eigenvalue weighted by Crippen LogP contribution is -2.15. The van der Waals surface area contributed by atoms with E-state index in [-0.39, 0.29) is 0 Å². The number of H-pyrrole nitrogens is 1. The van der Waals surface area contributed by atoms with Gasteiger partial charge in [-0.3, -0.25) is 0 Å². The van der Waals surface area contributed by atoms with Crippen molar-refractivity contribution in [3.8, 4) is 0 Å². The van der Waals surface area contributed by atoms with E-state index in [9.17, 15) is 0 Å². The van der Waals surface area contributed by atoms with Crippen LogP contribution in [0.25, 0.3) is 10.9 Å². The molecule has 2 rings (SSSR count). The predicted octanol–water partition coefficient (Wildman–Crippen LogP) is 2.39. The lowest BCUT2D eigenvalue weighted by molar-refractivity contribution is -0.159. The number of rotatable bonds is 3. The normalized spacial score (nSPS) is 10.4. The Morgan fingerprint density at radius 1 is 1.23 bits per heavy atom. The molecular weight excluding hydrogens is 308 g/mol. The maximum absolute atomic E-state index is 9.10. The van der Waals surface area contributed by atoms with E-state index in [2.05, 4.69) is 30.9 Å². The highest BCUT2D eigenvalue weighted by atomic mass is 35.5. The Kier molecular flexibility index (Phi) is 6.39. The number of benzene rings is 1. The third kappa shape index (κ3) is 5.05. The van der Waals surface area contributed by atoms with Crippen molar-refractivity contribution in [2.75, 3.05) is 20.6 Å². The minimum Gasteiger partial charge on any atom is -0.473 e. The van der Waals surface area contributed by atoms with Crippen LogP contribution in [0.1, 0.15) is 11.3 Å². The van der Waals surface area contributed by atoms with Crippen LogP contribution in [0.15, 0.2) is 18.2 Å². The number of aromatic nitrogens is 1. The van der Waals surface area contributed by atoms with E-state index in [4.69, 9.17) is 31.4 Å². The van der Waals surface area contributed by atoms with Crippen molar-refractivity contribution in [1.82, 2.24) is 9.88 Å². The SMILES string of the molecule is Cc1[nH]c2ccc(Cl)cc2c1CCN(C)C.O=C(O)C(=O)O. The fourth-order valence-corrected chi connectivity index (χ4v) is 2.18. The first-order valence-electron chi connectivity index (χ1n) is 6.60. The second-order valence-corrected chi connectivity index (χ2v) is 5.52. The number of carbonyl (C=O) groups is 2. The van der Waals surface area contributed by atoms with Crippen molar-refractivity contribution in [2.45, 2.75) is 13.3 Å². The Balaban J connectivity index is 0.000000346. The first-order chi connectivity index (χ1) is 10.2. The van der Waals surface area contributed by atoms with Crippen molar-refractivity contribution in [1.29, 1.82) is 0 Å². The van der Waals surface area contributed by atoms with Crippen LogP contribution in [-0.2, 0) is 16.0 Å². The van der Waals surface area contributed by atoms with E-state index in [1.165, 1.54) is 22.2 Å². The van der Waals surface area contributed by atoms with Gasteiger partial charge in [0, 0.05) is 28.2 Å². The molecule has 2 aromatic rings. The minimum atomic E-state index is -1.82. The van der Waals surface area contributed by atoms with Gasteiger partial charge in [0.25, 0.3) is 0 Å². The van der Waals surface area contributed by atoms with E-state index in [0.29, 0.717) is 0 Å². The lowest BCUT2D eigenvalue weighted by atomic mass is 10.1. The maximum Gasteiger partial charge on any atom is 0.414 e. The zero-order chi connectivity index (χ0) is 16.9. The monoisotopic (exact) mass is 326 g/mol. The zero-order valence-corrected chi connectivity index (χ0v) is 13.4. The predicted molar refractivity (Wildman–Crippen MR) is 85.6 cm³/mol. The molecule has 0 spiro atoms. The summed E-state index contributed by atoms with van der Waals surface area (Å²) in [6.45, 7) is 3.18. The topological polar surface area (TPSA) is 93.6 Å². The average Bonchev–Trinajstić information content (AvgIpc) is 2.72. The van der Waals surface area contributed by atoms with Gasteiger partial charge in [-0.1, -0.05) is 11.6 Å². The summed E-state index contributed by atoms with van der Waals surface area (Å²) in [4.78, 5) is 23.8. The molecule has 7 heteroatoms. The van der Waals surface area contributed by atoms with Gasteiger partial charge in [-0.15, -0.1) is 0 Å². The number of carboxylic acid groups (broad SMARTS) is 2. The van der Waals surface area contributed by atoms with Crippen molar-refractivity contribution in [3.63, 3.8) is 0 Å². The molecule has 0 bridgehead atoms. The van der Waals surface area contributed by atoms with Crippen LogP contribution in [-0.4, -0.2) is 52.7 Å². The number of nitrogens with zero attached hydrogens (tertiary/aromatic N) is 1. The summed E-state index contributed by atoms with van der Waals surface area (Å²) in [5.74, 6) is -3.65. The summed E-state index contributed by atoms with van der Waals surface area (Å²) in [5, 5.41) is 16.8. The van der Waals surface area contributed by atoms with Crippen molar-refractivity contribution in [3.05, 3.63) is 34.5 Å². The molecule has 0 radical (unpaired) electrons. The van der Waals surface area contributed by atoms with Crippen LogP contribution in [0.5, 0.6) is 0 Å². The van der Waals surface area contributed by atoms with Crippen molar-refractivity contribution in [2.24, 2.45) is 0 Å². The second kappa shape index (κ2) is 7.82. The average molecular weight is 327 g/mol. The number of hydrogen-bond donors (Lipinski definition) is 3. The highest BCUT2D eigenvalue weighted by Gasteiger charge is 2.08. The van der Waals surface area contributed by atoms with Crippen LogP contribution in [0, 0.1) is 6.92 Å². The molecule has 1 aromatic carbocycles. The van der Waals surface area contributed by atoms with Crippen LogP contribution >= 0.6 is 11.6 Å². The second-order valence-electron chi connectivity index (χ2n) is 5.08. The number of carboxylic acids is 2. The summed E-state index contributed by atoms with van der Waals surface area (Å²) < 4.78 is 0. The number of aryl methyl sites for hydroxylation is 1. The third-order valence-electron chi connectivity index (χ3n) is 3.07. The number of nitrogens with one attached hydrogen (secondary N) is 1. The van der Waals surface area contributed by atoms with Gasteiger partial charge in [-0.05, 0) is 51.2 Å². The van der Waals surface area contributed by atoms with E-state index < -0.39 is 11.9 Å². The molecule has 3 N–H and O–H groups in total. The number of likely N-dealkylation sites (N-methyl/N-ethyl adjacent to an activating group) is 1. The Labute approximate surface area is 133 Å². The standard InChI is InChI=1S/C13H17ClN2.C2H2O4/c1-9-11(6-7-16(2)3)12-8-10(14)4-5-13(12)15-9;3-1(4)2(5)6/h4-5,8,15H,6-7H2,1-3H3;(H,3,4)(H,5,6). The lowest BCUT2D eigenvalue weighted by Gasteiger charge is -2.09. The number of fused-ring (bicyclic) bond motifs is 1. The van der Waals surface area contributed by atoms with Gasteiger partial charge in [0.05, 0.1) is 0 Å². The van der Waals surface area contributed by atoms with Gasteiger partial charge >= 0.3 is 11.9 Å². The molecule has 6 nitrogen and oxygen atoms in total. The van der Waals surface area contributed by atoms with E-state index in [0.717, 1.165) is 18.0 Å². The van der Waals surface area contributed by atoms with E-state index in [1.54, 1.807) is 0 Å². The smallest absolute Gasteiger partial charge is 0.414 e. The fourth-order valence-electron chi connectivity index (χ4n) is 2.01. The summed E-state index contributed by atoms with van der Waals surface area (Å²) >= 11 is 6.04. The molecule has 0 aliphatic rings. The van der Waals surface area contributed by atoms with Gasteiger partial charge in [0.2, 0.25) is 0 Å². The van der Waals surface area contributed by atoms with Gasteiger partial charge in [-0.25, -0.2) is 9.59 Å².